The first kappa shape index (κ1) is 36.7. The summed E-state index contributed by atoms with van der Waals surface area (Å²) in [7, 11) is -4.06. The third-order valence-electron chi connectivity index (χ3n) is 4.29. The first-order valence-corrected chi connectivity index (χ1v) is 14.1. The molecule has 0 spiro atoms. The van der Waals surface area contributed by atoms with Gasteiger partial charge in [0.05, 0.1) is 31.2 Å². The minimum absolute atomic E-state index is 0.237. The van der Waals surface area contributed by atoms with Gasteiger partial charge in [-0.15, -0.1) is 0 Å². The molecule has 0 amide bonds. The number of anilines is 1. The van der Waals surface area contributed by atoms with Gasteiger partial charge in [0.2, 0.25) is 13.6 Å². The van der Waals surface area contributed by atoms with Crippen molar-refractivity contribution in [1.82, 2.24) is 19.5 Å². The number of carboxylic acids is 2. The Balaban J connectivity index is 0.00000101. The SMILES string of the molecule is CC(C)OC(=O)OCOP(=O)(CO[C@@H](C)Cn1cnc2c(N)ncnc21)OCOC(=O)OC(C)C.O=C(O)C=CC(=O)O. The van der Waals surface area contributed by atoms with Crippen molar-refractivity contribution in [2.75, 3.05) is 25.7 Å². The molecule has 20 heteroatoms. The number of aliphatic carboxylic acids is 2. The molecule has 240 valence electrons. The molecule has 0 aliphatic heterocycles. The second-order valence-corrected chi connectivity index (χ2v) is 10.7. The van der Waals surface area contributed by atoms with Crippen molar-refractivity contribution >= 4 is 48.8 Å². The number of hydrogen-bond donors (Lipinski definition) is 3. The monoisotopic (exact) mass is 635 g/mol. The minimum Gasteiger partial charge on any atom is -0.478 e. The van der Waals surface area contributed by atoms with E-state index in [4.69, 9.17) is 48.7 Å². The highest BCUT2D eigenvalue weighted by Crippen LogP contribution is 2.48. The maximum atomic E-state index is 13.1. The summed E-state index contributed by atoms with van der Waals surface area (Å²) in [6.07, 6.45) is -0.0196. The molecule has 2 aromatic heterocycles. The van der Waals surface area contributed by atoms with Crippen LogP contribution in [-0.2, 0) is 53.4 Å². The Kier molecular flexibility index (Phi) is 15.6. The van der Waals surface area contributed by atoms with E-state index in [1.807, 2.05) is 0 Å². The van der Waals surface area contributed by atoms with E-state index < -0.39 is 70.1 Å². The van der Waals surface area contributed by atoms with Crippen molar-refractivity contribution in [2.24, 2.45) is 0 Å². The fourth-order valence-corrected chi connectivity index (χ4v) is 3.68. The van der Waals surface area contributed by atoms with Crippen LogP contribution in [0, 0.1) is 0 Å². The van der Waals surface area contributed by atoms with E-state index in [9.17, 15) is 23.7 Å². The molecule has 2 heterocycles. The average molecular weight is 636 g/mol. The molecule has 2 aromatic rings. The van der Waals surface area contributed by atoms with Crippen molar-refractivity contribution in [3.8, 4) is 0 Å². The molecule has 0 radical (unpaired) electrons. The zero-order valence-electron chi connectivity index (χ0n) is 24.0. The quantitative estimate of drug-likeness (QED) is 0.110. The zero-order chi connectivity index (χ0) is 32.6. The van der Waals surface area contributed by atoms with Crippen molar-refractivity contribution in [1.29, 1.82) is 0 Å². The average Bonchev–Trinajstić information content (AvgIpc) is 3.30. The molecule has 0 unspecified atom stereocenters. The number of carbonyl (C=O) groups excluding carboxylic acids is 2. The number of carboxylic acid groups (broad SMARTS) is 2. The van der Waals surface area contributed by atoms with Gasteiger partial charge in [-0.3, -0.25) is 13.6 Å². The number of nitrogens with zero attached hydrogens (tertiary/aromatic N) is 4. The van der Waals surface area contributed by atoms with E-state index in [0.717, 1.165) is 0 Å². The third-order valence-corrected chi connectivity index (χ3v) is 5.75. The van der Waals surface area contributed by atoms with Gasteiger partial charge in [0.15, 0.2) is 11.5 Å². The van der Waals surface area contributed by atoms with Crippen LogP contribution in [0.1, 0.15) is 34.6 Å². The fourth-order valence-electron chi connectivity index (χ4n) is 2.60. The molecule has 1 atom stereocenters. The minimum atomic E-state index is -4.06. The number of nitrogens with two attached hydrogens (primary N) is 1. The molecule has 19 nitrogen and oxygen atoms in total. The van der Waals surface area contributed by atoms with Crippen LogP contribution in [0.15, 0.2) is 24.8 Å². The van der Waals surface area contributed by atoms with Gasteiger partial charge in [-0.2, -0.15) is 0 Å². The van der Waals surface area contributed by atoms with E-state index in [1.54, 1.807) is 39.2 Å². The molecular formula is C23H34N5O14P. The molecule has 0 bridgehead atoms. The summed E-state index contributed by atoms with van der Waals surface area (Å²) in [5.74, 6) is -2.28. The summed E-state index contributed by atoms with van der Waals surface area (Å²) in [4.78, 5) is 54.3. The van der Waals surface area contributed by atoms with Crippen LogP contribution in [0.3, 0.4) is 0 Å². The zero-order valence-corrected chi connectivity index (χ0v) is 24.9. The number of imidazole rings is 1. The van der Waals surface area contributed by atoms with Crippen LogP contribution in [0.4, 0.5) is 15.4 Å². The second-order valence-electron chi connectivity index (χ2n) is 8.67. The fraction of sp³-hybridized carbons (Fsp3) is 0.522. The van der Waals surface area contributed by atoms with Crippen LogP contribution >= 0.6 is 7.60 Å². The van der Waals surface area contributed by atoms with Gasteiger partial charge in [-0.25, -0.2) is 34.1 Å². The van der Waals surface area contributed by atoms with Gasteiger partial charge in [0.1, 0.15) is 18.2 Å². The standard InChI is InChI=1S/C19H30N5O10P.C4H4O4/c1-12(2)33-18(25)28-9-31-35(27,32-10-29-19(26)34-13(3)4)11-30-14(5)6-24-8-23-15-16(20)21-7-22-17(15)24;5-3(6)1-2-4(7)8/h7-8,12-14H,6,9-11H2,1-5H3,(H2,20,21,22);1-2H,(H,5,6)(H,7,8)/t14-;/m0./s1. The van der Waals surface area contributed by atoms with Gasteiger partial charge in [-0.05, 0) is 34.6 Å². The lowest BCUT2D eigenvalue weighted by molar-refractivity contribution is -0.134. The maximum Gasteiger partial charge on any atom is 0.510 e. The summed E-state index contributed by atoms with van der Waals surface area (Å²) in [5, 5.41) is 15.6. The van der Waals surface area contributed by atoms with Crippen molar-refractivity contribution in [3.63, 3.8) is 0 Å². The van der Waals surface area contributed by atoms with E-state index in [-0.39, 0.29) is 12.4 Å². The van der Waals surface area contributed by atoms with E-state index in [0.29, 0.717) is 23.3 Å². The van der Waals surface area contributed by atoms with Crippen LogP contribution in [0.5, 0.6) is 0 Å². The number of carbonyl (C=O) groups is 4. The topological polar surface area (TPSA) is 260 Å². The van der Waals surface area contributed by atoms with E-state index >= 15 is 0 Å². The number of fused-ring (bicyclic) bond motifs is 1. The van der Waals surface area contributed by atoms with Gasteiger partial charge in [-0.1, -0.05) is 0 Å². The Morgan fingerprint density at radius 3 is 1.88 bits per heavy atom. The first-order valence-electron chi connectivity index (χ1n) is 12.3. The van der Waals surface area contributed by atoms with Crippen LogP contribution < -0.4 is 5.73 Å². The lowest BCUT2D eigenvalue weighted by Gasteiger charge is -2.21. The number of ether oxygens (including phenoxy) is 5. The molecular weight excluding hydrogens is 601 g/mol. The predicted molar refractivity (Wildman–Crippen MR) is 144 cm³/mol. The Bertz CT molecular complexity index is 1250. The highest BCUT2D eigenvalue weighted by Gasteiger charge is 2.29. The summed E-state index contributed by atoms with van der Waals surface area (Å²) >= 11 is 0. The predicted octanol–water partition coefficient (Wildman–Crippen LogP) is 2.75. The van der Waals surface area contributed by atoms with E-state index in [2.05, 4.69) is 15.0 Å². The Hall–Kier alpha value is -4.32. The van der Waals surface area contributed by atoms with Crippen LogP contribution in [0.2, 0.25) is 0 Å². The molecule has 0 aliphatic rings. The lowest BCUT2D eigenvalue weighted by Crippen LogP contribution is -2.20. The first-order chi connectivity index (χ1) is 20.1. The normalized spacial score (nSPS) is 12.1. The van der Waals surface area contributed by atoms with Crippen molar-refractivity contribution < 1.29 is 66.7 Å². The molecule has 43 heavy (non-hydrogen) atoms. The number of rotatable bonds is 15. The summed E-state index contributed by atoms with van der Waals surface area (Å²) in [6.45, 7) is 6.98. The lowest BCUT2D eigenvalue weighted by atomic mass is 10.4. The largest absolute Gasteiger partial charge is 0.510 e. The number of nitrogen functional groups attached to an aromatic ring is 1. The highest BCUT2D eigenvalue weighted by molar-refractivity contribution is 7.53. The molecule has 0 saturated heterocycles. The summed E-state index contributed by atoms with van der Waals surface area (Å²) < 4.78 is 49.7. The third kappa shape index (κ3) is 15.5. The van der Waals surface area contributed by atoms with E-state index in [1.165, 1.54) is 12.7 Å². The number of hydrogen-bond acceptors (Lipinski definition) is 16. The molecule has 0 fully saturated rings. The molecule has 0 aliphatic carbocycles. The molecule has 2 rings (SSSR count). The van der Waals surface area contributed by atoms with Gasteiger partial charge < -0.3 is 44.2 Å². The van der Waals surface area contributed by atoms with Gasteiger partial charge in [0, 0.05) is 12.2 Å². The maximum absolute atomic E-state index is 13.1. The highest BCUT2D eigenvalue weighted by atomic mass is 31.2. The Labute approximate surface area is 245 Å². The smallest absolute Gasteiger partial charge is 0.478 e. The summed E-state index contributed by atoms with van der Waals surface area (Å²) in [6, 6.07) is 0. The van der Waals surface area contributed by atoms with Crippen molar-refractivity contribution in [2.45, 2.75) is 59.5 Å². The number of aromatic nitrogens is 4. The van der Waals surface area contributed by atoms with Crippen LogP contribution in [0.25, 0.3) is 11.2 Å². The van der Waals surface area contributed by atoms with Crippen molar-refractivity contribution in [3.05, 3.63) is 24.8 Å². The molecule has 4 N–H and O–H groups in total. The Morgan fingerprint density at radius 2 is 1.42 bits per heavy atom. The molecule has 0 saturated carbocycles. The Morgan fingerprint density at radius 1 is 0.907 bits per heavy atom. The molecule has 0 aromatic carbocycles. The van der Waals surface area contributed by atoms with Crippen LogP contribution in [-0.4, -0.2) is 92.2 Å². The summed E-state index contributed by atoms with van der Waals surface area (Å²) in [5.41, 5.74) is 6.72. The second kappa shape index (κ2) is 18.3. The van der Waals surface area contributed by atoms with Gasteiger partial charge >= 0.3 is 31.8 Å². The van der Waals surface area contributed by atoms with Gasteiger partial charge in [0.25, 0.3) is 0 Å².